The summed E-state index contributed by atoms with van der Waals surface area (Å²) in [5.41, 5.74) is 0. The van der Waals surface area contributed by atoms with Gasteiger partial charge in [0, 0.05) is 11.8 Å². The Labute approximate surface area is 99.4 Å². The minimum Gasteiger partial charge on any atom is -0.295 e. The SMILES string of the molecule is C/C=C/C(=O)C(C)C.C/C=C/C(=O)C(C)C. The lowest BCUT2D eigenvalue weighted by atomic mass is 10.1. The molecule has 0 saturated carbocycles. The molecule has 0 N–H and O–H groups in total. The molecule has 0 aromatic heterocycles. The molecule has 0 fully saturated rings. The van der Waals surface area contributed by atoms with E-state index in [9.17, 15) is 9.59 Å². The molecule has 0 aliphatic heterocycles. The van der Waals surface area contributed by atoms with Gasteiger partial charge in [-0.05, 0) is 26.0 Å². The fraction of sp³-hybridized carbons (Fsp3) is 0.571. The van der Waals surface area contributed by atoms with Crippen molar-refractivity contribution in [1.29, 1.82) is 0 Å². The van der Waals surface area contributed by atoms with Gasteiger partial charge in [0.15, 0.2) is 11.6 Å². The zero-order chi connectivity index (χ0) is 13.1. The summed E-state index contributed by atoms with van der Waals surface area (Å²) in [4.78, 5) is 21.3. The molecule has 2 nitrogen and oxygen atoms in total. The highest BCUT2D eigenvalue weighted by Gasteiger charge is 1.99. The van der Waals surface area contributed by atoms with Crippen LogP contribution in [-0.2, 0) is 9.59 Å². The first-order chi connectivity index (χ1) is 7.36. The van der Waals surface area contributed by atoms with Crippen molar-refractivity contribution >= 4 is 11.6 Å². The number of carbonyl (C=O) groups excluding carboxylic acids is 2. The molecule has 16 heavy (non-hydrogen) atoms. The van der Waals surface area contributed by atoms with Crippen LogP contribution >= 0.6 is 0 Å². The minimum atomic E-state index is 0.145. The van der Waals surface area contributed by atoms with Crippen LogP contribution in [0.4, 0.5) is 0 Å². The van der Waals surface area contributed by atoms with Crippen LogP contribution in [0.1, 0.15) is 41.5 Å². The second kappa shape index (κ2) is 10.3. The normalized spacial score (nSPS) is 11.0. The summed E-state index contributed by atoms with van der Waals surface area (Å²) < 4.78 is 0. The van der Waals surface area contributed by atoms with E-state index in [1.807, 2.05) is 41.5 Å². The van der Waals surface area contributed by atoms with Gasteiger partial charge in [-0.15, -0.1) is 0 Å². The minimum absolute atomic E-state index is 0.145. The molecule has 0 unspecified atom stereocenters. The van der Waals surface area contributed by atoms with E-state index in [-0.39, 0.29) is 23.4 Å². The van der Waals surface area contributed by atoms with Gasteiger partial charge in [0.05, 0.1) is 0 Å². The van der Waals surface area contributed by atoms with E-state index >= 15 is 0 Å². The van der Waals surface area contributed by atoms with Crippen molar-refractivity contribution in [3.8, 4) is 0 Å². The Bertz CT molecular complexity index is 230. The largest absolute Gasteiger partial charge is 0.295 e. The Morgan fingerprint density at radius 1 is 0.750 bits per heavy atom. The summed E-state index contributed by atoms with van der Waals surface area (Å²) in [7, 11) is 0. The lowest BCUT2D eigenvalue weighted by Gasteiger charge is -1.93. The van der Waals surface area contributed by atoms with E-state index in [2.05, 4.69) is 0 Å². The maximum Gasteiger partial charge on any atom is 0.157 e. The van der Waals surface area contributed by atoms with Crippen LogP contribution in [0.2, 0.25) is 0 Å². The van der Waals surface area contributed by atoms with Crippen LogP contribution in [0, 0.1) is 11.8 Å². The molecule has 0 bridgehead atoms. The zero-order valence-electron chi connectivity index (χ0n) is 11.3. The van der Waals surface area contributed by atoms with E-state index in [4.69, 9.17) is 0 Å². The Hall–Kier alpha value is -1.18. The summed E-state index contributed by atoms with van der Waals surface area (Å²) in [6.45, 7) is 11.3. The number of allylic oxidation sites excluding steroid dienone is 4. The highest BCUT2D eigenvalue weighted by Crippen LogP contribution is 1.94. The third-order valence-corrected chi connectivity index (χ3v) is 1.80. The third kappa shape index (κ3) is 10.9. The zero-order valence-corrected chi connectivity index (χ0v) is 11.3. The van der Waals surface area contributed by atoms with Crippen LogP contribution in [0.3, 0.4) is 0 Å². The molecule has 0 atom stereocenters. The fourth-order valence-corrected chi connectivity index (χ4v) is 0.713. The standard InChI is InChI=1S/2C7H12O/c2*1-4-5-7(8)6(2)3/h2*4-6H,1-3H3/b2*5-4+. The van der Waals surface area contributed by atoms with Gasteiger partial charge in [-0.1, -0.05) is 39.8 Å². The highest BCUT2D eigenvalue weighted by molar-refractivity contribution is 5.91. The second-order valence-corrected chi connectivity index (χ2v) is 4.11. The molecule has 0 aliphatic carbocycles. The topological polar surface area (TPSA) is 34.1 Å². The van der Waals surface area contributed by atoms with Gasteiger partial charge in [-0.2, -0.15) is 0 Å². The van der Waals surface area contributed by atoms with Gasteiger partial charge < -0.3 is 0 Å². The van der Waals surface area contributed by atoms with Crippen molar-refractivity contribution in [2.45, 2.75) is 41.5 Å². The predicted octanol–water partition coefficient (Wildman–Crippen LogP) is 3.58. The number of rotatable bonds is 4. The molecule has 0 rings (SSSR count). The molecule has 0 aromatic rings. The summed E-state index contributed by atoms with van der Waals surface area (Å²) >= 11 is 0. The Kier molecular flexibility index (Phi) is 11.1. The van der Waals surface area contributed by atoms with Crippen molar-refractivity contribution in [1.82, 2.24) is 0 Å². The molecule has 0 aromatic carbocycles. The molecule has 0 heterocycles. The summed E-state index contributed by atoms with van der Waals surface area (Å²) in [5, 5.41) is 0. The average molecular weight is 224 g/mol. The molecule has 0 amide bonds. The van der Waals surface area contributed by atoms with Crippen LogP contribution in [0.5, 0.6) is 0 Å². The lowest BCUT2D eigenvalue weighted by molar-refractivity contribution is -0.118. The number of ketones is 2. The molecule has 92 valence electrons. The second-order valence-electron chi connectivity index (χ2n) is 4.11. The first-order valence-corrected chi connectivity index (χ1v) is 5.69. The van der Waals surface area contributed by atoms with Crippen LogP contribution in [0.25, 0.3) is 0 Å². The Morgan fingerprint density at radius 3 is 1.06 bits per heavy atom. The Balaban J connectivity index is 0. The van der Waals surface area contributed by atoms with Crippen molar-refractivity contribution in [3.05, 3.63) is 24.3 Å². The van der Waals surface area contributed by atoms with E-state index in [1.165, 1.54) is 0 Å². The summed E-state index contributed by atoms with van der Waals surface area (Å²) in [6, 6.07) is 0. The van der Waals surface area contributed by atoms with Crippen LogP contribution in [0.15, 0.2) is 24.3 Å². The maximum atomic E-state index is 10.7. The van der Waals surface area contributed by atoms with Gasteiger partial charge in [0.1, 0.15) is 0 Å². The molecule has 0 saturated heterocycles. The van der Waals surface area contributed by atoms with E-state index in [1.54, 1.807) is 24.3 Å². The van der Waals surface area contributed by atoms with Crippen molar-refractivity contribution in [2.75, 3.05) is 0 Å². The van der Waals surface area contributed by atoms with Gasteiger partial charge in [-0.25, -0.2) is 0 Å². The van der Waals surface area contributed by atoms with Crippen molar-refractivity contribution in [3.63, 3.8) is 0 Å². The fourth-order valence-electron chi connectivity index (χ4n) is 0.713. The predicted molar refractivity (Wildman–Crippen MR) is 69.3 cm³/mol. The summed E-state index contributed by atoms with van der Waals surface area (Å²) in [5.74, 6) is 0.692. The van der Waals surface area contributed by atoms with Crippen LogP contribution in [-0.4, -0.2) is 11.6 Å². The van der Waals surface area contributed by atoms with Crippen molar-refractivity contribution < 1.29 is 9.59 Å². The smallest absolute Gasteiger partial charge is 0.157 e. The number of carbonyl (C=O) groups is 2. The molecule has 0 radical (unpaired) electrons. The lowest BCUT2D eigenvalue weighted by Crippen LogP contribution is -2.01. The van der Waals surface area contributed by atoms with Gasteiger partial charge >= 0.3 is 0 Å². The first-order valence-electron chi connectivity index (χ1n) is 5.69. The molecule has 0 aliphatic rings. The van der Waals surface area contributed by atoms with Crippen molar-refractivity contribution in [2.24, 2.45) is 11.8 Å². The van der Waals surface area contributed by atoms with E-state index < -0.39 is 0 Å². The maximum absolute atomic E-state index is 10.7. The van der Waals surface area contributed by atoms with E-state index in [0.717, 1.165) is 0 Å². The van der Waals surface area contributed by atoms with Crippen LogP contribution < -0.4 is 0 Å². The first kappa shape index (κ1) is 17.2. The van der Waals surface area contributed by atoms with E-state index in [0.29, 0.717) is 0 Å². The van der Waals surface area contributed by atoms with Gasteiger partial charge in [-0.3, -0.25) is 9.59 Å². The molecule has 2 heteroatoms. The number of hydrogen-bond acceptors (Lipinski definition) is 2. The quantitative estimate of drug-likeness (QED) is 0.684. The highest BCUT2D eigenvalue weighted by atomic mass is 16.1. The Morgan fingerprint density at radius 2 is 1.00 bits per heavy atom. The molecular formula is C14H24O2. The average Bonchev–Trinajstić information content (AvgIpc) is 2.19. The van der Waals surface area contributed by atoms with Gasteiger partial charge in [0.25, 0.3) is 0 Å². The monoisotopic (exact) mass is 224 g/mol. The van der Waals surface area contributed by atoms with Gasteiger partial charge in [0.2, 0.25) is 0 Å². The summed E-state index contributed by atoms with van der Waals surface area (Å²) in [6.07, 6.45) is 6.74. The number of hydrogen-bond donors (Lipinski definition) is 0. The molecular weight excluding hydrogens is 200 g/mol. The third-order valence-electron chi connectivity index (χ3n) is 1.80. The molecule has 0 spiro atoms.